The molecular formula is C11H19ClN6. The second kappa shape index (κ2) is 5.67. The zero-order chi connectivity index (χ0) is 13.1. The summed E-state index contributed by atoms with van der Waals surface area (Å²) in [5.41, 5.74) is 0. The maximum atomic E-state index is 5.88. The van der Waals surface area contributed by atoms with Crippen LogP contribution in [0.1, 0.15) is 12.8 Å². The fourth-order valence-electron chi connectivity index (χ4n) is 2.23. The van der Waals surface area contributed by atoms with Gasteiger partial charge in [-0.1, -0.05) is 0 Å². The molecule has 1 aromatic heterocycles. The molecule has 1 aliphatic heterocycles. The number of aromatic nitrogens is 3. The molecule has 1 aliphatic rings. The first kappa shape index (κ1) is 13.3. The first-order chi connectivity index (χ1) is 8.60. The molecule has 0 saturated carbocycles. The Bertz CT molecular complexity index is 413. The Morgan fingerprint density at radius 3 is 2.83 bits per heavy atom. The van der Waals surface area contributed by atoms with Gasteiger partial charge >= 0.3 is 0 Å². The second-order valence-electron chi connectivity index (χ2n) is 4.64. The summed E-state index contributed by atoms with van der Waals surface area (Å²) in [6.45, 7) is 2.07. The highest BCUT2D eigenvalue weighted by Gasteiger charge is 2.23. The highest BCUT2D eigenvalue weighted by atomic mass is 35.5. The molecule has 1 unspecified atom stereocenters. The lowest BCUT2D eigenvalue weighted by Crippen LogP contribution is -2.37. The third-order valence-corrected chi connectivity index (χ3v) is 3.49. The number of nitrogens with one attached hydrogen (secondary N) is 1. The molecule has 2 heterocycles. The van der Waals surface area contributed by atoms with Gasteiger partial charge in [-0.05, 0) is 38.0 Å². The molecule has 6 nitrogen and oxygen atoms in total. The van der Waals surface area contributed by atoms with Crippen LogP contribution in [0.3, 0.4) is 0 Å². The third kappa shape index (κ3) is 3.00. The van der Waals surface area contributed by atoms with Gasteiger partial charge < -0.3 is 15.1 Å². The standard InChI is InChI=1S/C11H19ClN6/c1-13-10-14-9(12)15-11(16-10)18(3)7-8-5-4-6-17(8)2/h8H,4-7H2,1-3H3,(H,13,14,15,16). The van der Waals surface area contributed by atoms with Gasteiger partial charge in [0, 0.05) is 26.7 Å². The Labute approximate surface area is 112 Å². The Hall–Kier alpha value is -1.14. The molecule has 1 aromatic rings. The molecule has 100 valence electrons. The summed E-state index contributed by atoms with van der Waals surface area (Å²) >= 11 is 5.88. The van der Waals surface area contributed by atoms with Crippen molar-refractivity contribution in [1.82, 2.24) is 19.9 Å². The summed E-state index contributed by atoms with van der Waals surface area (Å²) in [6, 6.07) is 0.559. The number of anilines is 2. The number of rotatable bonds is 4. The smallest absolute Gasteiger partial charge is 0.231 e. The minimum Gasteiger partial charge on any atom is -0.357 e. The van der Waals surface area contributed by atoms with E-state index in [2.05, 4.69) is 32.2 Å². The maximum Gasteiger partial charge on any atom is 0.231 e. The number of likely N-dealkylation sites (N-methyl/N-ethyl adjacent to an activating group) is 2. The number of halogens is 1. The zero-order valence-electron chi connectivity index (χ0n) is 11.0. The SMILES string of the molecule is CNc1nc(Cl)nc(N(C)CC2CCCN2C)n1. The van der Waals surface area contributed by atoms with E-state index in [0.29, 0.717) is 17.9 Å². The minimum absolute atomic E-state index is 0.218. The molecule has 1 atom stereocenters. The lowest BCUT2D eigenvalue weighted by Gasteiger charge is -2.25. The Morgan fingerprint density at radius 1 is 1.44 bits per heavy atom. The fourth-order valence-corrected chi connectivity index (χ4v) is 2.39. The van der Waals surface area contributed by atoms with E-state index in [9.17, 15) is 0 Å². The summed E-state index contributed by atoms with van der Waals surface area (Å²) in [5, 5.41) is 3.10. The van der Waals surface area contributed by atoms with E-state index in [1.54, 1.807) is 7.05 Å². The summed E-state index contributed by atoms with van der Waals surface area (Å²) in [6.07, 6.45) is 2.48. The van der Waals surface area contributed by atoms with Crippen LogP contribution in [0.25, 0.3) is 0 Å². The van der Waals surface area contributed by atoms with Gasteiger partial charge in [0.1, 0.15) is 0 Å². The molecule has 0 amide bonds. The van der Waals surface area contributed by atoms with Crippen LogP contribution < -0.4 is 10.2 Å². The Balaban J connectivity index is 2.08. The molecule has 0 aliphatic carbocycles. The number of likely N-dealkylation sites (tertiary alicyclic amines) is 1. The number of hydrogen-bond donors (Lipinski definition) is 1. The summed E-state index contributed by atoms with van der Waals surface area (Å²) < 4.78 is 0. The van der Waals surface area contributed by atoms with Crippen molar-refractivity contribution < 1.29 is 0 Å². The van der Waals surface area contributed by atoms with E-state index in [0.717, 1.165) is 13.1 Å². The highest BCUT2D eigenvalue weighted by Crippen LogP contribution is 2.18. The highest BCUT2D eigenvalue weighted by molar-refractivity contribution is 6.28. The van der Waals surface area contributed by atoms with Crippen LogP contribution >= 0.6 is 11.6 Å². The fraction of sp³-hybridized carbons (Fsp3) is 0.727. The number of nitrogens with zero attached hydrogens (tertiary/aromatic N) is 5. The topological polar surface area (TPSA) is 57.2 Å². The van der Waals surface area contributed by atoms with Crippen molar-refractivity contribution in [3.8, 4) is 0 Å². The van der Waals surface area contributed by atoms with E-state index >= 15 is 0 Å². The zero-order valence-corrected chi connectivity index (χ0v) is 11.8. The third-order valence-electron chi connectivity index (χ3n) is 3.32. The van der Waals surface area contributed by atoms with Gasteiger partial charge in [-0.25, -0.2) is 0 Å². The van der Waals surface area contributed by atoms with Crippen LogP contribution in [0.4, 0.5) is 11.9 Å². The van der Waals surface area contributed by atoms with Crippen molar-refractivity contribution in [2.45, 2.75) is 18.9 Å². The molecule has 0 spiro atoms. The molecular weight excluding hydrogens is 252 g/mol. The van der Waals surface area contributed by atoms with Gasteiger partial charge in [0.2, 0.25) is 17.2 Å². The largest absolute Gasteiger partial charge is 0.357 e. The van der Waals surface area contributed by atoms with Gasteiger partial charge in [0.05, 0.1) is 0 Å². The first-order valence-electron chi connectivity index (χ1n) is 6.11. The monoisotopic (exact) mass is 270 g/mol. The molecule has 1 N–H and O–H groups in total. The van der Waals surface area contributed by atoms with Crippen LogP contribution in [-0.4, -0.2) is 60.1 Å². The quantitative estimate of drug-likeness (QED) is 0.884. The normalized spacial score (nSPS) is 20.1. The predicted octanol–water partition coefficient (Wildman–Crippen LogP) is 1.10. The van der Waals surface area contributed by atoms with E-state index in [-0.39, 0.29) is 5.28 Å². The predicted molar refractivity (Wildman–Crippen MR) is 73.3 cm³/mol. The first-order valence-corrected chi connectivity index (χ1v) is 6.48. The van der Waals surface area contributed by atoms with Gasteiger partial charge in [-0.3, -0.25) is 0 Å². The molecule has 18 heavy (non-hydrogen) atoms. The summed E-state index contributed by atoms with van der Waals surface area (Å²) in [4.78, 5) is 16.8. The lowest BCUT2D eigenvalue weighted by molar-refractivity contribution is 0.313. The summed E-state index contributed by atoms with van der Waals surface area (Å²) in [5.74, 6) is 1.11. The van der Waals surface area contributed by atoms with E-state index < -0.39 is 0 Å². The van der Waals surface area contributed by atoms with Gasteiger partial charge in [-0.2, -0.15) is 15.0 Å². The molecule has 2 rings (SSSR count). The van der Waals surface area contributed by atoms with Crippen molar-refractivity contribution in [1.29, 1.82) is 0 Å². The molecule has 1 saturated heterocycles. The Morgan fingerprint density at radius 2 is 2.22 bits per heavy atom. The van der Waals surface area contributed by atoms with Crippen LogP contribution in [0.5, 0.6) is 0 Å². The second-order valence-corrected chi connectivity index (χ2v) is 4.97. The van der Waals surface area contributed by atoms with Crippen molar-refractivity contribution in [3.05, 3.63) is 5.28 Å². The van der Waals surface area contributed by atoms with Crippen molar-refractivity contribution >= 4 is 23.5 Å². The van der Waals surface area contributed by atoms with Gasteiger partial charge in [0.25, 0.3) is 0 Å². The van der Waals surface area contributed by atoms with Crippen LogP contribution in [0.15, 0.2) is 0 Å². The van der Waals surface area contributed by atoms with Gasteiger partial charge in [0.15, 0.2) is 0 Å². The maximum absolute atomic E-state index is 5.88. The minimum atomic E-state index is 0.218. The van der Waals surface area contributed by atoms with Crippen LogP contribution in [-0.2, 0) is 0 Å². The summed E-state index contributed by atoms with van der Waals surface area (Å²) in [7, 11) is 5.91. The van der Waals surface area contributed by atoms with E-state index in [1.165, 1.54) is 12.8 Å². The molecule has 0 bridgehead atoms. The average molecular weight is 271 g/mol. The van der Waals surface area contributed by atoms with Crippen molar-refractivity contribution in [3.63, 3.8) is 0 Å². The van der Waals surface area contributed by atoms with Crippen molar-refractivity contribution in [2.75, 3.05) is 44.4 Å². The lowest BCUT2D eigenvalue weighted by atomic mass is 10.2. The molecule has 0 radical (unpaired) electrons. The molecule has 7 heteroatoms. The van der Waals surface area contributed by atoms with Crippen LogP contribution in [0, 0.1) is 0 Å². The molecule has 0 aromatic carbocycles. The molecule has 1 fully saturated rings. The van der Waals surface area contributed by atoms with Gasteiger partial charge in [-0.15, -0.1) is 0 Å². The van der Waals surface area contributed by atoms with E-state index in [4.69, 9.17) is 11.6 Å². The number of hydrogen-bond acceptors (Lipinski definition) is 6. The average Bonchev–Trinajstić information content (AvgIpc) is 2.74. The van der Waals surface area contributed by atoms with Crippen molar-refractivity contribution in [2.24, 2.45) is 0 Å². The van der Waals surface area contributed by atoms with E-state index in [1.807, 2.05) is 11.9 Å². The van der Waals surface area contributed by atoms with Crippen LogP contribution in [0.2, 0.25) is 5.28 Å². The Kier molecular flexibility index (Phi) is 4.19.